The van der Waals surface area contributed by atoms with E-state index in [0.29, 0.717) is 6.61 Å². The van der Waals surface area contributed by atoms with Crippen molar-refractivity contribution in [1.82, 2.24) is 4.98 Å². The molecule has 2 heterocycles. The second kappa shape index (κ2) is 4.38. The number of hydrogen-bond donors (Lipinski definition) is 0. The zero-order valence-electron chi connectivity index (χ0n) is 11.9. The number of aliphatic imine (C=N–C) groups is 1. The zero-order valence-corrected chi connectivity index (χ0v) is 11.9. The number of hydrogen-bond acceptors (Lipinski definition) is 3. The van der Waals surface area contributed by atoms with Crippen LogP contribution < -0.4 is 0 Å². The monoisotopic (exact) mass is 246 g/mol. The number of nitrogens with zero attached hydrogens (tertiary/aromatic N) is 2. The molecule has 0 saturated heterocycles. The Morgan fingerprint density at radius 1 is 1.17 bits per heavy atom. The van der Waals surface area contributed by atoms with E-state index >= 15 is 0 Å². The van der Waals surface area contributed by atoms with Crippen molar-refractivity contribution in [2.45, 2.75) is 46.1 Å². The second-order valence-corrected chi connectivity index (χ2v) is 6.47. The Morgan fingerprint density at radius 2 is 1.89 bits per heavy atom. The molecule has 0 amide bonds. The van der Waals surface area contributed by atoms with Crippen molar-refractivity contribution in [3.63, 3.8) is 0 Å². The third kappa shape index (κ3) is 2.40. The van der Waals surface area contributed by atoms with Gasteiger partial charge in [-0.2, -0.15) is 0 Å². The van der Waals surface area contributed by atoms with Gasteiger partial charge < -0.3 is 4.74 Å². The zero-order chi connectivity index (χ0) is 13.4. The van der Waals surface area contributed by atoms with Gasteiger partial charge in [-0.1, -0.05) is 26.8 Å². The minimum absolute atomic E-state index is 0.141. The van der Waals surface area contributed by atoms with E-state index in [1.165, 1.54) is 0 Å². The molecule has 1 aliphatic heterocycles. The highest BCUT2D eigenvalue weighted by atomic mass is 16.5. The van der Waals surface area contributed by atoms with Gasteiger partial charge in [0, 0.05) is 6.20 Å². The molecule has 2 rings (SSSR count). The standard InChI is InChI=1S/C15H22N2O/c1-14(2,3)12-10-18-13(17-12)15(4,5)11-8-6-7-9-16-11/h6-9,12H,10H2,1-5H3/t12-/m0/s1. The molecule has 98 valence electrons. The van der Waals surface area contributed by atoms with Gasteiger partial charge >= 0.3 is 0 Å². The molecular formula is C15H22N2O. The van der Waals surface area contributed by atoms with Gasteiger partial charge in [-0.05, 0) is 31.4 Å². The van der Waals surface area contributed by atoms with Gasteiger partial charge in [0.25, 0.3) is 0 Å². The van der Waals surface area contributed by atoms with Gasteiger partial charge in [-0.3, -0.25) is 4.98 Å². The lowest BCUT2D eigenvalue weighted by molar-refractivity contribution is 0.227. The Morgan fingerprint density at radius 3 is 2.39 bits per heavy atom. The highest BCUT2D eigenvalue weighted by Gasteiger charge is 2.38. The fourth-order valence-electron chi connectivity index (χ4n) is 2.00. The maximum absolute atomic E-state index is 5.82. The topological polar surface area (TPSA) is 34.5 Å². The quantitative estimate of drug-likeness (QED) is 0.803. The molecule has 0 aliphatic carbocycles. The molecule has 1 aliphatic rings. The van der Waals surface area contributed by atoms with Crippen molar-refractivity contribution < 1.29 is 4.74 Å². The van der Waals surface area contributed by atoms with Crippen LogP contribution in [0.1, 0.15) is 40.3 Å². The third-order valence-electron chi connectivity index (χ3n) is 3.49. The van der Waals surface area contributed by atoms with Gasteiger partial charge in [-0.15, -0.1) is 0 Å². The first-order chi connectivity index (χ1) is 8.32. The Bertz CT molecular complexity index is 443. The number of pyridine rings is 1. The summed E-state index contributed by atoms with van der Waals surface area (Å²) in [5.74, 6) is 0.807. The Balaban J connectivity index is 2.28. The van der Waals surface area contributed by atoms with Crippen LogP contribution in [0.2, 0.25) is 0 Å². The van der Waals surface area contributed by atoms with E-state index in [0.717, 1.165) is 11.6 Å². The first-order valence-corrected chi connectivity index (χ1v) is 6.44. The normalized spacial score (nSPS) is 20.5. The first-order valence-electron chi connectivity index (χ1n) is 6.44. The lowest BCUT2D eigenvalue weighted by Crippen LogP contribution is -2.30. The summed E-state index contributed by atoms with van der Waals surface area (Å²) in [6.07, 6.45) is 1.81. The van der Waals surface area contributed by atoms with Crippen LogP contribution in [0.25, 0.3) is 0 Å². The van der Waals surface area contributed by atoms with E-state index in [2.05, 4.69) is 39.6 Å². The lowest BCUT2D eigenvalue weighted by Gasteiger charge is -2.23. The van der Waals surface area contributed by atoms with E-state index in [9.17, 15) is 0 Å². The summed E-state index contributed by atoms with van der Waals surface area (Å²) in [6.45, 7) is 11.5. The predicted octanol–water partition coefficient (Wildman–Crippen LogP) is 3.20. The average molecular weight is 246 g/mol. The van der Waals surface area contributed by atoms with Crippen molar-refractivity contribution in [2.75, 3.05) is 6.61 Å². The van der Waals surface area contributed by atoms with Crippen LogP contribution in [-0.2, 0) is 10.2 Å². The van der Waals surface area contributed by atoms with Crippen molar-refractivity contribution in [2.24, 2.45) is 10.4 Å². The van der Waals surface area contributed by atoms with Crippen LogP contribution in [0.4, 0.5) is 0 Å². The molecule has 0 spiro atoms. The van der Waals surface area contributed by atoms with Crippen LogP contribution in [0.5, 0.6) is 0 Å². The van der Waals surface area contributed by atoms with Crippen LogP contribution in [0, 0.1) is 5.41 Å². The highest BCUT2D eigenvalue weighted by molar-refractivity contribution is 5.88. The van der Waals surface area contributed by atoms with E-state index < -0.39 is 0 Å². The summed E-state index contributed by atoms with van der Waals surface area (Å²) in [5.41, 5.74) is 0.877. The first kappa shape index (κ1) is 13.1. The van der Waals surface area contributed by atoms with E-state index in [4.69, 9.17) is 9.73 Å². The molecule has 1 aromatic heterocycles. The van der Waals surface area contributed by atoms with Gasteiger partial charge in [0.2, 0.25) is 0 Å². The summed E-state index contributed by atoms with van der Waals surface area (Å²) in [4.78, 5) is 9.18. The number of aromatic nitrogens is 1. The van der Waals surface area contributed by atoms with E-state index in [-0.39, 0.29) is 16.9 Å². The van der Waals surface area contributed by atoms with Crippen molar-refractivity contribution >= 4 is 5.90 Å². The largest absolute Gasteiger partial charge is 0.478 e. The van der Waals surface area contributed by atoms with Gasteiger partial charge in [0.15, 0.2) is 5.90 Å². The fourth-order valence-corrected chi connectivity index (χ4v) is 2.00. The molecule has 0 aromatic carbocycles. The molecule has 1 aromatic rings. The van der Waals surface area contributed by atoms with Gasteiger partial charge in [0.05, 0.1) is 17.2 Å². The summed E-state index contributed by atoms with van der Waals surface area (Å²) < 4.78 is 5.82. The Labute approximate surface area is 109 Å². The smallest absolute Gasteiger partial charge is 0.195 e. The second-order valence-electron chi connectivity index (χ2n) is 6.47. The molecule has 1 atom stereocenters. The van der Waals surface area contributed by atoms with Crippen molar-refractivity contribution in [1.29, 1.82) is 0 Å². The third-order valence-corrected chi connectivity index (χ3v) is 3.49. The van der Waals surface area contributed by atoms with Crippen LogP contribution in [0.15, 0.2) is 29.4 Å². The van der Waals surface area contributed by atoms with Gasteiger partial charge in [-0.25, -0.2) is 4.99 Å². The average Bonchev–Trinajstić information content (AvgIpc) is 2.79. The molecule has 0 unspecified atom stereocenters. The molecule has 0 radical (unpaired) electrons. The summed E-state index contributed by atoms with van der Waals surface area (Å²) in [6, 6.07) is 6.18. The number of ether oxygens (including phenoxy) is 1. The van der Waals surface area contributed by atoms with Gasteiger partial charge in [0.1, 0.15) is 6.61 Å². The van der Waals surface area contributed by atoms with Crippen molar-refractivity contribution in [3.05, 3.63) is 30.1 Å². The maximum atomic E-state index is 5.82. The molecule has 0 N–H and O–H groups in total. The molecule has 3 nitrogen and oxygen atoms in total. The fraction of sp³-hybridized carbons (Fsp3) is 0.600. The molecular weight excluding hydrogens is 224 g/mol. The molecule has 18 heavy (non-hydrogen) atoms. The minimum Gasteiger partial charge on any atom is -0.478 e. The summed E-state index contributed by atoms with van der Waals surface area (Å²) in [7, 11) is 0. The van der Waals surface area contributed by atoms with Crippen LogP contribution in [-0.4, -0.2) is 23.5 Å². The number of rotatable bonds is 2. The van der Waals surface area contributed by atoms with Crippen molar-refractivity contribution in [3.8, 4) is 0 Å². The van der Waals surface area contributed by atoms with Crippen LogP contribution in [0.3, 0.4) is 0 Å². The lowest BCUT2D eigenvalue weighted by atomic mass is 9.87. The Kier molecular flexibility index (Phi) is 3.18. The molecule has 0 saturated carbocycles. The van der Waals surface area contributed by atoms with E-state index in [1.54, 1.807) is 0 Å². The molecule has 3 heteroatoms. The summed E-state index contributed by atoms with van der Waals surface area (Å²) in [5, 5.41) is 0. The molecule has 0 fully saturated rings. The van der Waals surface area contributed by atoms with Crippen LogP contribution >= 0.6 is 0 Å². The highest BCUT2D eigenvalue weighted by Crippen LogP contribution is 2.32. The maximum Gasteiger partial charge on any atom is 0.195 e. The van der Waals surface area contributed by atoms with E-state index in [1.807, 2.05) is 24.4 Å². The summed E-state index contributed by atoms with van der Waals surface area (Å²) >= 11 is 0. The Hall–Kier alpha value is -1.38. The SMILES string of the molecule is CC(C)(C1=N[C@H](C(C)(C)C)CO1)c1ccccn1. The predicted molar refractivity (Wildman–Crippen MR) is 73.9 cm³/mol. The molecule has 0 bridgehead atoms. The minimum atomic E-state index is -0.263.